The highest BCUT2D eigenvalue weighted by Gasteiger charge is 2.44. The number of aliphatic imine (C=N–C) groups is 1. The molecule has 2 saturated heterocycles. The Morgan fingerprint density at radius 1 is 1.16 bits per heavy atom. The zero-order chi connectivity index (χ0) is 25.6. The summed E-state index contributed by atoms with van der Waals surface area (Å²) in [6.45, 7) is 7.16. The molecule has 5 heterocycles. The molecule has 4 aliphatic rings. The van der Waals surface area contributed by atoms with Crippen LogP contribution in [0.5, 0.6) is 5.75 Å². The SMILES string of the molecule is CC(C)(O)C(O)N1CC2CCC(C1)N2Cc1ccc2cc(OC3=NCC(C4=CCNN4)C=C3)ccc2n1. The van der Waals surface area contributed by atoms with Gasteiger partial charge in [-0.2, -0.15) is 0 Å². The number of aliphatic hydroxyl groups is 2. The average molecular weight is 505 g/mol. The van der Waals surface area contributed by atoms with E-state index in [-0.39, 0.29) is 5.92 Å². The number of hydrazine groups is 1. The number of fused-ring (bicyclic) bond motifs is 3. The van der Waals surface area contributed by atoms with Gasteiger partial charge in [0.05, 0.1) is 23.4 Å². The van der Waals surface area contributed by atoms with Gasteiger partial charge in [-0.25, -0.2) is 5.43 Å². The van der Waals surface area contributed by atoms with Crippen LogP contribution in [-0.2, 0) is 6.54 Å². The number of likely N-dealkylation sites (tertiary alicyclic amines) is 1. The predicted molar refractivity (Wildman–Crippen MR) is 143 cm³/mol. The third kappa shape index (κ3) is 5.15. The van der Waals surface area contributed by atoms with Crippen molar-refractivity contribution in [2.75, 3.05) is 26.2 Å². The fourth-order valence-corrected chi connectivity index (χ4v) is 5.91. The highest BCUT2D eigenvalue weighted by Crippen LogP contribution is 2.33. The molecule has 0 radical (unpaired) electrons. The molecule has 0 amide bonds. The van der Waals surface area contributed by atoms with Crippen molar-refractivity contribution in [1.29, 1.82) is 0 Å². The summed E-state index contributed by atoms with van der Waals surface area (Å²) in [5.74, 6) is 1.63. The Bertz CT molecular complexity index is 1240. The van der Waals surface area contributed by atoms with Crippen LogP contribution in [0, 0.1) is 5.92 Å². The first-order chi connectivity index (χ1) is 17.8. The van der Waals surface area contributed by atoms with Crippen molar-refractivity contribution in [3.63, 3.8) is 0 Å². The number of benzene rings is 1. The number of nitrogens with zero attached hydrogens (tertiary/aromatic N) is 4. The lowest BCUT2D eigenvalue weighted by Gasteiger charge is -2.45. The van der Waals surface area contributed by atoms with E-state index >= 15 is 0 Å². The Hall–Kier alpha value is -2.82. The van der Waals surface area contributed by atoms with Crippen LogP contribution in [0.15, 0.2) is 59.2 Å². The van der Waals surface area contributed by atoms with Gasteiger partial charge in [0.2, 0.25) is 5.90 Å². The second-order valence-electron chi connectivity index (χ2n) is 11.1. The lowest BCUT2D eigenvalue weighted by atomic mass is 10.0. The zero-order valence-electron chi connectivity index (χ0n) is 21.5. The molecule has 4 unspecified atom stereocenters. The van der Waals surface area contributed by atoms with Gasteiger partial charge in [-0.15, -0.1) is 0 Å². The van der Waals surface area contributed by atoms with Gasteiger partial charge in [0.15, 0.2) is 0 Å². The van der Waals surface area contributed by atoms with Gasteiger partial charge in [-0.1, -0.05) is 12.1 Å². The molecule has 4 N–H and O–H groups in total. The van der Waals surface area contributed by atoms with Crippen LogP contribution in [0.2, 0.25) is 0 Å². The van der Waals surface area contributed by atoms with E-state index in [1.807, 2.05) is 29.2 Å². The number of dihydropyridines is 1. The lowest BCUT2D eigenvalue weighted by molar-refractivity contribution is -0.149. The maximum Gasteiger partial charge on any atom is 0.214 e. The molecule has 4 atom stereocenters. The topological polar surface area (TPSA) is 105 Å². The molecule has 9 nitrogen and oxygen atoms in total. The Morgan fingerprint density at radius 2 is 1.97 bits per heavy atom. The van der Waals surface area contributed by atoms with E-state index in [4.69, 9.17) is 9.72 Å². The van der Waals surface area contributed by atoms with Gasteiger partial charge in [-0.3, -0.25) is 19.8 Å². The molecular formula is C28H36N6O3. The quantitative estimate of drug-likeness (QED) is 0.473. The van der Waals surface area contributed by atoms with E-state index in [1.165, 1.54) is 0 Å². The summed E-state index contributed by atoms with van der Waals surface area (Å²) < 4.78 is 6.04. The monoisotopic (exact) mass is 504 g/mol. The summed E-state index contributed by atoms with van der Waals surface area (Å²) in [5.41, 5.74) is 8.30. The first-order valence-electron chi connectivity index (χ1n) is 13.2. The highest BCUT2D eigenvalue weighted by atomic mass is 16.5. The summed E-state index contributed by atoms with van der Waals surface area (Å²) in [6, 6.07) is 10.9. The first-order valence-corrected chi connectivity index (χ1v) is 13.2. The van der Waals surface area contributed by atoms with Crippen molar-refractivity contribution in [3.8, 4) is 5.75 Å². The number of aliphatic hydroxyl groups excluding tert-OH is 1. The van der Waals surface area contributed by atoms with Crippen LogP contribution in [0.25, 0.3) is 10.9 Å². The number of nitrogens with one attached hydrogen (secondary N) is 2. The third-order valence-corrected chi connectivity index (χ3v) is 7.90. The van der Waals surface area contributed by atoms with Gasteiger partial charge in [-0.05, 0) is 63.1 Å². The van der Waals surface area contributed by atoms with Crippen molar-refractivity contribution in [1.82, 2.24) is 25.6 Å². The molecule has 2 aromatic rings. The molecular weight excluding hydrogens is 468 g/mol. The fraction of sp³-hybridized carbons (Fsp3) is 0.500. The van der Waals surface area contributed by atoms with Gasteiger partial charge in [0, 0.05) is 55.3 Å². The molecule has 196 valence electrons. The van der Waals surface area contributed by atoms with Crippen LogP contribution in [-0.4, -0.2) is 81.0 Å². The van der Waals surface area contributed by atoms with Crippen molar-refractivity contribution >= 4 is 16.8 Å². The zero-order valence-corrected chi connectivity index (χ0v) is 21.5. The van der Waals surface area contributed by atoms with Crippen molar-refractivity contribution in [3.05, 3.63) is 60.0 Å². The van der Waals surface area contributed by atoms with Crippen LogP contribution in [0.4, 0.5) is 0 Å². The number of hydrogen-bond acceptors (Lipinski definition) is 9. The van der Waals surface area contributed by atoms with E-state index in [2.05, 4.69) is 45.0 Å². The molecule has 9 heteroatoms. The molecule has 0 spiro atoms. The summed E-state index contributed by atoms with van der Waals surface area (Å²) in [4.78, 5) is 14.1. The molecule has 1 aromatic heterocycles. The number of pyridine rings is 1. The van der Waals surface area contributed by atoms with Crippen molar-refractivity contribution < 1.29 is 14.9 Å². The summed E-state index contributed by atoms with van der Waals surface area (Å²) in [5, 5.41) is 21.9. The van der Waals surface area contributed by atoms with Crippen LogP contribution >= 0.6 is 0 Å². The van der Waals surface area contributed by atoms with E-state index in [9.17, 15) is 10.2 Å². The Balaban J connectivity index is 1.09. The predicted octanol–water partition coefficient (Wildman–Crippen LogP) is 1.93. The van der Waals surface area contributed by atoms with Gasteiger partial charge >= 0.3 is 0 Å². The number of piperazine rings is 1. The van der Waals surface area contributed by atoms with Gasteiger partial charge in [0.1, 0.15) is 12.0 Å². The van der Waals surface area contributed by atoms with Crippen molar-refractivity contribution in [2.45, 2.75) is 57.1 Å². The lowest BCUT2D eigenvalue weighted by Crippen LogP contribution is -2.60. The van der Waals surface area contributed by atoms with Crippen LogP contribution in [0.3, 0.4) is 0 Å². The van der Waals surface area contributed by atoms with Crippen molar-refractivity contribution in [2.24, 2.45) is 10.9 Å². The molecule has 0 aliphatic carbocycles. The second kappa shape index (κ2) is 9.81. The fourth-order valence-electron chi connectivity index (χ4n) is 5.91. The standard InChI is InChI=1S/C28H36N6O3/c1-28(2,36)27(35)33-16-21-6-7-22(17-33)34(21)15-20-5-3-18-13-23(8-9-24(18)31-20)37-26-10-4-19(14-29-26)25-11-12-30-32-25/h3-5,8-11,13,19,21-22,27,30,32,35-36H,6-7,12,14-17H2,1-2H3. The minimum absolute atomic E-state index is 0.256. The Morgan fingerprint density at radius 3 is 2.65 bits per heavy atom. The molecule has 4 aliphatic heterocycles. The van der Waals surface area contributed by atoms with E-state index in [0.29, 0.717) is 24.5 Å². The van der Waals surface area contributed by atoms with E-state index < -0.39 is 11.8 Å². The van der Waals surface area contributed by atoms with E-state index in [0.717, 1.165) is 67.1 Å². The van der Waals surface area contributed by atoms with Gasteiger partial charge in [0.25, 0.3) is 0 Å². The molecule has 6 rings (SSSR count). The summed E-state index contributed by atoms with van der Waals surface area (Å²) in [6.07, 6.45) is 7.59. The summed E-state index contributed by atoms with van der Waals surface area (Å²) >= 11 is 0. The molecule has 2 fully saturated rings. The maximum atomic E-state index is 10.6. The Kier molecular flexibility index (Phi) is 6.50. The summed E-state index contributed by atoms with van der Waals surface area (Å²) in [7, 11) is 0. The maximum absolute atomic E-state index is 10.6. The number of ether oxygens (including phenoxy) is 1. The molecule has 2 bridgehead atoms. The number of hydrogen-bond donors (Lipinski definition) is 4. The smallest absolute Gasteiger partial charge is 0.214 e. The number of aromatic nitrogens is 1. The third-order valence-electron chi connectivity index (χ3n) is 7.90. The molecule has 1 aromatic carbocycles. The highest BCUT2D eigenvalue weighted by molar-refractivity contribution is 5.91. The minimum atomic E-state index is -1.13. The Labute approximate surface area is 217 Å². The van der Waals surface area contributed by atoms with Gasteiger partial charge < -0.3 is 20.4 Å². The largest absolute Gasteiger partial charge is 0.439 e. The first kappa shape index (κ1) is 24.5. The second-order valence-corrected chi connectivity index (χ2v) is 11.1. The average Bonchev–Trinajstić information content (AvgIpc) is 3.49. The number of rotatable bonds is 6. The van der Waals surface area contributed by atoms with Crippen LogP contribution < -0.4 is 15.6 Å². The molecule has 0 saturated carbocycles. The minimum Gasteiger partial charge on any atom is -0.439 e. The normalized spacial score (nSPS) is 27.2. The van der Waals surface area contributed by atoms with Crippen LogP contribution in [0.1, 0.15) is 32.4 Å². The molecule has 37 heavy (non-hydrogen) atoms. The van der Waals surface area contributed by atoms with E-state index in [1.54, 1.807) is 13.8 Å².